The Morgan fingerprint density at radius 1 is 0.763 bits per heavy atom. The number of pyridine rings is 2. The van der Waals surface area contributed by atoms with E-state index in [9.17, 15) is 0 Å². The van der Waals surface area contributed by atoms with E-state index < -0.39 is 0 Å². The van der Waals surface area contributed by atoms with E-state index in [1.54, 1.807) is 0 Å². The molecule has 0 aliphatic heterocycles. The molecular formula is C33H24IrN2OS-2. The average Bonchev–Trinajstić information content (AvgIpc) is 3.50. The van der Waals surface area contributed by atoms with Crippen LogP contribution >= 0.6 is 11.3 Å². The van der Waals surface area contributed by atoms with Crippen LogP contribution in [0.3, 0.4) is 0 Å². The molecule has 0 amide bonds. The zero-order valence-corrected chi connectivity index (χ0v) is 24.4. The number of hydrogen-bond acceptors (Lipinski definition) is 4. The molecule has 38 heavy (non-hydrogen) atoms. The van der Waals surface area contributed by atoms with Gasteiger partial charge in [0, 0.05) is 47.5 Å². The Labute approximate surface area is 239 Å². The minimum Gasteiger partial charge on any atom is -0.501 e. The number of benzene rings is 3. The predicted molar refractivity (Wildman–Crippen MR) is 154 cm³/mol. The molecule has 0 bridgehead atoms. The van der Waals surface area contributed by atoms with Gasteiger partial charge < -0.3 is 14.4 Å². The molecule has 7 aromatic rings. The Morgan fingerprint density at radius 2 is 1.53 bits per heavy atom. The van der Waals surface area contributed by atoms with Crippen molar-refractivity contribution >= 4 is 43.4 Å². The zero-order chi connectivity index (χ0) is 25.4. The van der Waals surface area contributed by atoms with Gasteiger partial charge in [-0.3, -0.25) is 0 Å². The summed E-state index contributed by atoms with van der Waals surface area (Å²) < 4.78 is 7.51. The average molecular weight is 689 g/mol. The van der Waals surface area contributed by atoms with Gasteiger partial charge in [-0.05, 0) is 66.9 Å². The van der Waals surface area contributed by atoms with Crippen molar-refractivity contribution in [1.82, 2.24) is 9.97 Å². The molecule has 0 aliphatic rings. The fourth-order valence-corrected chi connectivity index (χ4v) is 5.50. The molecule has 3 aromatic carbocycles. The molecule has 3 nitrogen and oxygen atoms in total. The molecule has 0 N–H and O–H groups in total. The first-order valence-electron chi connectivity index (χ1n) is 12.2. The number of fused-ring (bicyclic) bond motifs is 5. The van der Waals surface area contributed by atoms with Crippen molar-refractivity contribution in [2.24, 2.45) is 0 Å². The van der Waals surface area contributed by atoms with Crippen molar-refractivity contribution in [3.8, 4) is 22.5 Å². The van der Waals surface area contributed by atoms with E-state index in [1.165, 1.54) is 25.9 Å². The van der Waals surface area contributed by atoms with Crippen molar-refractivity contribution < 1.29 is 24.5 Å². The number of aryl methyl sites for hydroxylation is 3. The fourth-order valence-electron chi connectivity index (χ4n) is 4.44. The summed E-state index contributed by atoms with van der Waals surface area (Å²) in [6, 6.07) is 33.0. The molecule has 0 fully saturated rings. The van der Waals surface area contributed by atoms with Gasteiger partial charge in [-0.15, -0.1) is 65.4 Å². The second-order valence-corrected chi connectivity index (χ2v) is 10.4. The maximum Gasteiger partial charge on any atom is 0.122 e. The van der Waals surface area contributed by atoms with Gasteiger partial charge in [0.15, 0.2) is 0 Å². The van der Waals surface area contributed by atoms with Crippen LogP contribution in [-0.2, 0) is 20.1 Å². The van der Waals surface area contributed by atoms with Gasteiger partial charge in [0.1, 0.15) is 5.58 Å². The molecule has 4 heterocycles. The minimum absolute atomic E-state index is 0. The quantitative estimate of drug-likeness (QED) is 0.170. The van der Waals surface area contributed by atoms with E-state index in [0.717, 1.165) is 44.6 Å². The maximum atomic E-state index is 6.22. The van der Waals surface area contributed by atoms with Gasteiger partial charge in [0.05, 0.1) is 5.58 Å². The van der Waals surface area contributed by atoms with E-state index in [1.807, 2.05) is 80.0 Å². The van der Waals surface area contributed by atoms with Gasteiger partial charge in [0.25, 0.3) is 0 Å². The second kappa shape index (κ2) is 11.0. The molecule has 7 rings (SSSR count). The first-order chi connectivity index (χ1) is 18.1. The standard InChI is InChI=1S/C21H14NOS.C12H10N.Ir/c1-12-6-8-17(22-11-12)15-4-3-5-16-19-18(23-20(15)16)9-7-14-10-13(2)24-21(14)19;1-10-7-8-12(13-9-10)11-5-3-2-4-6-11;/h3,5-11H,1-2H3;2-5,7-9H,1H3;/q2*-1;. The second-order valence-electron chi connectivity index (χ2n) is 9.13. The summed E-state index contributed by atoms with van der Waals surface area (Å²) in [5.74, 6) is 0. The van der Waals surface area contributed by atoms with Crippen LogP contribution in [-0.4, -0.2) is 9.97 Å². The molecule has 0 saturated carbocycles. The molecule has 0 aliphatic carbocycles. The van der Waals surface area contributed by atoms with E-state index in [4.69, 9.17) is 4.42 Å². The van der Waals surface area contributed by atoms with Gasteiger partial charge in [-0.1, -0.05) is 35.2 Å². The third-order valence-corrected chi connectivity index (χ3v) is 7.35. The number of rotatable bonds is 2. The summed E-state index contributed by atoms with van der Waals surface area (Å²) in [6.07, 6.45) is 3.75. The minimum atomic E-state index is 0. The predicted octanol–water partition coefficient (Wildman–Crippen LogP) is 9.13. The molecule has 0 spiro atoms. The molecule has 5 heteroatoms. The van der Waals surface area contributed by atoms with Crippen LogP contribution in [0.1, 0.15) is 16.0 Å². The van der Waals surface area contributed by atoms with E-state index in [2.05, 4.69) is 65.4 Å². The molecule has 0 saturated heterocycles. The Bertz CT molecular complexity index is 1840. The molecule has 1 radical (unpaired) electrons. The number of aromatic nitrogens is 2. The van der Waals surface area contributed by atoms with Crippen molar-refractivity contribution in [1.29, 1.82) is 0 Å². The van der Waals surface area contributed by atoms with Crippen LogP contribution in [0.15, 0.2) is 95.7 Å². The normalized spacial score (nSPS) is 10.8. The summed E-state index contributed by atoms with van der Waals surface area (Å²) in [4.78, 5) is 10.2. The smallest absolute Gasteiger partial charge is 0.122 e. The van der Waals surface area contributed by atoms with Crippen molar-refractivity contribution in [2.75, 3.05) is 0 Å². The van der Waals surface area contributed by atoms with Crippen LogP contribution < -0.4 is 0 Å². The first kappa shape index (κ1) is 26.0. The fraction of sp³-hybridized carbons (Fsp3) is 0.0909. The monoisotopic (exact) mass is 689 g/mol. The summed E-state index contributed by atoms with van der Waals surface area (Å²) in [5.41, 5.74) is 7.95. The van der Waals surface area contributed by atoms with Gasteiger partial charge >= 0.3 is 0 Å². The van der Waals surface area contributed by atoms with Crippen molar-refractivity contribution in [3.05, 3.63) is 119 Å². The number of thiophene rings is 1. The van der Waals surface area contributed by atoms with Crippen molar-refractivity contribution in [2.45, 2.75) is 20.8 Å². The van der Waals surface area contributed by atoms with E-state index in [0.29, 0.717) is 0 Å². The molecular weight excluding hydrogens is 665 g/mol. The first-order valence-corrected chi connectivity index (χ1v) is 13.0. The summed E-state index contributed by atoms with van der Waals surface area (Å²) in [5, 5.41) is 3.60. The Hall–Kier alpha value is -3.63. The Balaban J connectivity index is 0.000000179. The summed E-state index contributed by atoms with van der Waals surface area (Å²) in [7, 11) is 0. The van der Waals surface area contributed by atoms with Crippen LogP contribution in [0.5, 0.6) is 0 Å². The van der Waals surface area contributed by atoms with Crippen LogP contribution in [0.25, 0.3) is 54.5 Å². The van der Waals surface area contributed by atoms with E-state index in [-0.39, 0.29) is 20.1 Å². The number of nitrogens with zero attached hydrogens (tertiary/aromatic N) is 2. The third kappa shape index (κ3) is 5.06. The zero-order valence-electron chi connectivity index (χ0n) is 21.2. The Kier molecular flexibility index (Phi) is 7.53. The molecule has 0 atom stereocenters. The number of furan rings is 1. The third-order valence-electron chi connectivity index (χ3n) is 6.27. The summed E-state index contributed by atoms with van der Waals surface area (Å²) in [6.45, 7) is 6.22. The van der Waals surface area contributed by atoms with E-state index >= 15 is 0 Å². The SMILES string of the molecule is Cc1ccc(-c2[c-]ccc3c2oc2ccc4cc(C)sc4c23)nc1.Cc1ccc(-c2[c-]cccc2)nc1.[Ir]. The Morgan fingerprint density at radius 3 is 2.21 bits per heavy atom. The topological polar surface area (TPSA) is 38.9 Å². The van der Waals surface area contributed by atoms with Crippen LogP contribution in [0.2, 0.25) is 0 Å². The maximum absolute atomic E-state index is 6.22. The number of hydrogen-bond donors (Lipinski definition) is 0. The van der Waals surface area contributed by atoms with Gasteiger partial charge in [-0.2, -0.15) is 0 Å². The molecule has 189 valence electrons. The largest absolute Gasteiger partial charge is 0.501 e. The van der Waals surface area contributed by atoms with Gasteiger partial charge in [0.2, 0.25) is 0 Å². The van der Waals surface area contributed by atoms with Crippen LogP contribution in [0.4, 0.5) is 0 Å². The van der Waals surface area contributed by atoms with Gasteiger partial charge in [-0.25, -0.2) is 0 Å². The molecule has 4 aromatic heterocycles. The van der Waals surface area contributed by atoms with Crippen molar-refractivity contribution in [3.63, 3.8) is 0 Å². The molecule has 0 unspecified atom stereocenters. The van der Waals surface area contributed by atoms with Crippen LogP contribution in [0, 0.1) is 32.9 Å². The summed E-state index contributed by atoms with van der Waals surface area (Å²) >= 11 is 1.82.